The first kappa shape index (κ1) is 17.2. The third-order valence-corrected chi connectivity index (χ3v) is 5.56. The lowest BCUT2D eigenvalue weighted by Crippen LogP contribution is -2.47. The number of benzene rings is 1. The van der Waals surface area contributed by atoms with Gasteiger partial charge < -0.3 is 5.11 Å². The molecule has 2 atom stereocenters. The zero-order chi connectivity index (χ0) is 18.6. The first-order valence-corrected chi connectivity index (χ1v) is 9.05. The molecule has 0 amide bonds. The maximum atomic E-state index is 13.2. The number of aliphatic carboxylic acids is 1. The molecule has 7 heteroatoms. The highest BCUT2D eigenvalue weighted by Crippen LogP contribution is 2.44. The van der Waals surface area contributed by atoms with Gasteiger partial charge in [0.2, 0.25) is 0 Å². The molecule has 3 aliphatic rings. The van der Waals surface area contributed by atoms with Gasteiger partial charge in [0.15, 0.2) is 5.82 Å². The number of nitrogens with zero attached hydrogens (tertiary/aromatic N) is 3. The maximum absolute atomic E-state index is 13.2. The number of carboxylic acids is 1. The molecule has 1 aliphatic carbocycles. The number of hydrazine groups is 1. The molecule has 0 bridgehead atoms. The summed E-state index contributed by atoms with van der Waals surface area (Å²) in [6.45, 7) is 3.97. The summed E-state index contributed by atoms with van der Waals surface area (Å²) in [7, 11) is 0. The molecule has 1 aromatic rings. The highest BCUT2D eigenvalue weighted by Gasteiger charge is 2.48. The maximum Gasteiger partial charge on any atom is 0.338 e. The van der Waals surface area contributed by atoms with Gasteiger partial charge in [0, 0.05) is 17.3 Å². The number of aliphatic imine (C=N–C) groups is 1. The van der Waals surface area contributed by atoms with Gasteiger partial charge in [-0.15, -0.1) is 0 Å². The number of allylic oxidation sites excluding steroid dienone is 2. The van der Waals surface area contributed by atoms with Crippen LogP contribution >= 0.6 is 11.6 Å². The molecule has 0 spiro atoms. The van der Waals surface area contributed by atoms with E-state index < -0.39 is 11.5 Å². The zero-order valence-corrected chi connectivity index (χ0v) is 15.2. The van der Waals surface area contributed by atoms with Crippen LogP contribution in [0.2, 0.25) is 0 Å². The number of alkyl halides is 1. The van der Waals surface area contributed by atoms with E-state index in [1.54, 1.807) is 12.1 Å². The Morgan fingerprint density at radius 3 is 2.58 bits per heavy atom. The Hall–Kier alpha value is -2.18. The Kier molecular flexibility index (Phi) is 4.12. The van der Waals surface area contributed by atoms with Crippen LogP contribution in [0.1, 0.15) is 32.3 Å². The molecule has 0 saturated heterocycles. The van der Waals surface area contributed by atoms with Crippen LogP contribution in [0.3, 0.4) is 0 Å². The van der Waals surface area contributed by atoms with E-state index in [-0.39, 0.29) is 17.4 Å². The largest absolute Gasteiger partial charge is 0.478 e. The number of hydrogen-bond donors (Lipinski definition) is 1. The molecular weight excluding hydrogens is 357 g/mol. The number of carbonyl (C=O) groups is 1. The molecule has 1 N–H and O–H groups in total. The van der Waals surface area contributed by atoms with E-state index in [0.29, 0.717) is 17.5 Å². The summed E-state index contributed by atoms with van der Waals surface area (Å²) in [6.07, 6.45) is 4.12. The molecule has 1 aromatic carbocycles. The summed E-state index contributed by atoms with van der Waals surface area (Å²) in [5.41, 5.74) is 1.45. The van der Waals surface area contributed by atoms with Crippen molar-refractivity contribution >= 4 is 23.3 Å². The topological polar surface area (TPSA) is 56.1 Å². The SMILES string of the molecule is CC1=CC(c2ccc(F)cc2)=NC2=C(C(=O)O)[C@H](Cl)N(C(C)C3CC3)N12. The van der Waals surface area contributed by atoms with Crippen molar-refractivity contribution < 1.29 is 14.3 Å². The van der Waals surface area contributed by atoms with E-state index in [0.717, 1.165) is 24.1 Å². The highest BCUT2D eigenvalue weighted by atomic mass is 35.5. The zero-order valence-electron chi connectivity index (χ0n) is 14.5. The van der Waals surface area contributed by atoms with Gasteiger partial charge in [0.1, 0.15) is 16.9 Å². The minimum atomic E-state index is -1.08. The van der Waals surface area contributed by atoms with E-state index in [9.17, 15) is 14.3 Å². The predicted octanol–water partition coefficient (Wildman–Crippen LogP) is 3.72. The lowest BCUT2D eigenvalue weighted by atomic mass is 10.1. The summed E-state index contributed by atoms with van der Waals surface area (Å²) in [4.78, 5) is 16.5. The second-order valence-corrected chi connectivity index (χ2v) is 7.35. The van der Waals surface area contributed by atoms with Crippen molar-refractivity contribution in [2.24, 2.45) is 10.9 Å². The molecule has 2 heterocycles. The van der Waals surface area contributed by atoms with Crippen molar-refractivity contribution in [2.75, 3.05) is 0 Å². The van der Waals surface area contributed by atoms with E-state index in [1.807, 2.05) is 23.0 Å². The van der Waals surface area contributed by atoms with Crippen LogP contribution in [0, 0.1) is 11.7 Å². The molecule has 0 radical (unpaired) electrons. The smallest absolute Gasteiger partial charge is 0.338 e. The lowest BCUT2D eigenvalue weighted by molar-refractivity contribution is -0.133. The standard InChI is InChI=1S/C19H19ClFN3O2/c1-10-9-15(13-5-7-14(21)8-6-13)22-18-16(19(25)26)17(20)24(23(10)18)11(2)12-3-4-12/h5-9,11-12,17H,3-4H2,1-2H3,(H,25,26)/t11?,17-/m1/s1. The predicted molar refractivity (Wildman–Crippen MR) is 96.9 cm³/mol. The molecule has 0 aromatic heterocycles. The molecule has 26 heavy (non-hydrogen) atoms. The van der Waals surface area contributed by atoms with E-state index >= 15 is 0 Å². The number of fused-ring (bicyclic) bond motifs is 1. The van der Waals surface area contributed by atoms with Crippen LogP contribution in [-0.2, 0) is 4.79 Å². The van der Waals surface area contributed by atoms with Gasteiger partial charge in [0.25, 0.3) is 0 Å². The molecule has 5 nitrogen and oxygen atoms in total. The molecule has 4 rings (SSSR count). The summed E-state index contributed by atoms with van der Waals surface area (Å²) < 4.78 is 13.2. The first-order chi connectivity index (χ1) is 12.4. The van der Waals surface area contributed by atoms with Crippen LogP contribution in [0.25, 0.3) is 0 Å². The fraction of sp³-hybridized carbons (Fsp3) is 0.368. The summed E-state index contributed by atoms with van der Waals surface area (Å²) in [5.74, 6) is -0.554. The average molecular weight is 376 g/mol. The quantitative estimate of drug-likeness (QED) is 0.643. The second kappa shape index (κ2) is 6.21. The Labute approximate surface area is 156 Å². The number of halogens is 2. The molecule has 136 valence electrons. The third kappa shape index (κ3) is 2.73. The number of carboxylic acid groups (broad SMARTS) is 1. The molecule has 1 saturated carbocycles. The van der Waals surface area contributed by atoms with Crippen LogP contribution < -0.4 is 0 Å². The highest BCUT2D eigenvalue weighted by molar-refractivity contribution is 6.25. The van der Waals surface area contributed by atoms with Gasteiger partial charge in [-0.25, -0.2) is 14.2 Å². The number of hydrogen-bond acceptors (Lipinski definition) is 4. The number of rotatable bonds is 4. The van der Waals surface area contributed by atoms with Gasteiger partial charge in [-0.1, -0.05) is 11.6 Å². The minimum absolute atomic E-state index is 0.0752. The van der Waals surface area contributed by atoms with E-state index in [4.69, 9.17) is 11.6 Å². The Morgan fingerprint density at radius 2 is 2.00 bits per heavy atom. The Balaban J connectivity index is 1.79. The first-order valence-electron chi connectivity index (χ1n) is 8.61. The van der Waals surface area contributed by atoms with Gasteiger partial charge in [0.05, 0.1) is 5.71 Å². The fourth-order valence-corrected chi connectivity index (χ4v) is 4.03. The average Bonchev–Trinajstić information content (AvgIpc) is 3.38. The van der Waals surface area contributed by atoms with Crippen molar-refractivity contribution in [3.8, 4) is 0 Å². The van der Waals surface area contributed by atoms with Crippen LogP contribution in [0.4, 0.5) is 4.39 Å². The minimum Gasteiger partial charge on any atom is -0.478 e. The van der Waals surface area contributed by atoms with Crippen molar-refractivity contribution in [2.45, 2.75) is 38.2 Å². The Morgan fingerprint density at radius 1 is 1.35 bits per heavy atom. The molecule has 2 aliphatic heterocycles. The van der Waals surface area contributed by atoms with Gasteiger partial charge >= 0.3 is 5.97 Å². The van der Waals surface area contributed by atoms with Crippen LogP contribution in [0.15, 0.2) is 52.4 Å². The fourth-order valence-electron chi connectivity index (χ4n) is 3.58. The van der Waals surface area contributed by atoms with Crippen molar-refractivity contribution in [1.82, 2.24) is 10.0 Å². The van der Waals surface area contributed by atoms with Crippen molar-refractivity contribution in [1.29, 1.82) is 0 Å². The third-order valence-electron chi connectivity index (χ3n) is 5.14. The van der Waals surface area contributed by atoms with Gasteiger partial charge in [-0.3, -0.25) is 5.01 Å². The van der Waals surface area contributed by atoms with Crippen molar-refractivity contribution in [3.63, 3.8) is 0 Å². The molecule has 1 fully saturated rings. The van der Waals surface area contributed by atoms with Crippen LogP contribution in [-0.4, -0.2) is 38.3 Å². The molecule has 1 unspecified atom stereocenters. The summed E-state index contributed by atoms with van der Waals surface area (Å²) >= 11 is 6.56. The van der Waals surface area contributed by atoms with E-state index in [1.165, 1.54) is 12.1 Å². The molecular formula is C19H19ClFN3O2. The lowest BCUT2D eigenvalue weighted by Gasteiger charge is -2.38. The monoisotopic (exact) mass is 375 g/mol. The summed E-state index contributed by atoms with van der Waals surface area (Å²) in [5, 5.41) is 13.4. The normalized spacial score (nSPS) is 24.3. The van der Waals surface area contributed by atoms with E-state index in [2.05, 4.69) is 11.9 Å². The Bertz CT molecular complexity index is 858. The van der Waals surface area contributed by atoms with Crippen molar-refractivity contribution in [3.05, 3.63) is 58.8 Å². The van der Waals surface area contributed by atoms with Gasteiger partial charge in [-0.2, -0.15) is 5.01 Å². The second-order valence-electron chi connectivity index (χ2n) is 6.94. The van der Waals surface area contributed by atoms with Gasteiger partial charge in [-0.05, 0) is 62.9 Å². The summed E-state index contributed by atoms with van der Waals surface area (Å²) in [6, 6.07) is 6.11. The van der Waals surface area contributed by atoms with Crippen LogP contribution in [0.5, 0.6) is 0 Å².